The molecule has 1 aliphatic rings. The maximum absolute atomic E-state index is 11.2. The fraction of sp³-hybridized carbons (Fsp3) is 0.917. The summed E-state index contributed by atoms with van der Waals surface area (Å²) in [6, 6.07) is -0.661. The third-order valence-corrected chi connectivity index (χ3v) is 5.04. The Morgan fingerprint density at radius 3 is 2.17 bits per heavy atom. The number of nitrogens with zero attached hydrogens (tertiary/aromatic N) is 1. The summed E-state index contributed by atoms with van der Waals surface area (Å²) in [6.45, 7) is 5.77. The highest BCUT2D eigenvalue weighted by Crippen LogP contribution is 2.38. The van der Waals surface area contributed by atoms with Gasteiger partial charge in [-0.1, -0.05) is 13.8 Å². The molecule has 1 saturated heterocycles. The van der Waals surface area contributed by atoms with Crippen molar-refractivity contribution >= 4 is 15.8 Å². The summed E-state index contributed by atoms with van der Waals surface area (Å²) in [5, 5.41) is 9.18. The van der Waals surface area contributed by atoms with Gasteiger partial charge < -0.3 is 5.11 Å². The number of hydrogen-bond donors (Lipinski definition) is 1. The highest BCUT2D eigenvalue weighted by molar-refractivity contribution is 7.90. The lowest BCUT2D eigenvalue weighted by Crippen LogP contribution is -2.61. The second-order valence-electron chi connectivity index (χ2n) is 5.38. The van der Waals surface area contributed by atoms with Gasteiger partial charge in [-0.2, -0.15) is 0 Å². The Bertz CT molecular complexity index is 392. The molecule has 0 radical (unpaired) electrons. The van der Waals surface area contributed by atoms with Gasteiger partial charge in [-0.3, -0.25) is 9.69 Å². The van der Waals surface area contributed by atoms with Crippen LogP contribution in [0.4, 0.5) is 0 Å². The van der Waals surface area contributed by atoms with Gasteiger partial charge in [0.2, 0.25) is 0 Å². The summed E-state index contributed by atoms with van der Waals surface area (Å²) in [6.07, 6.45) is 3.40. The topological polar surface area (TPSA) is 74.7 Å². The molecule has 0 aromatic heterocycles. The Morgan fingerprint density at radius 2 is 1.83 bits per heavy atom. The number of carbonyl (C=O) groups is 1. The first-order valence-corrected chi connectivity index (χ1v) is 8.43. The van der Waals surface area contributed by atoms with E-state index in [0.29, 0.717) is 0 Å². The summed E-state index contributed by atoms with van der Waals surface area (Å²) >= 11 is 0. The molecule has 18 heavy (non-hydrogen) atoms. The van der Waals surface area contributed by atoms with Crippen molar-refractivity contribution in [1.29, 1.82) is 0 Å². The number of aliphatic carboxylic acids is 1. The van der Waals surface area contributed by atoms with Crippen LogP contribution < -0.4 is 0 Å². The van der Waals surface area contributed by atoms with Crippen LogP contribution in [0.2, 0.25) is 0 Å². The second-order valence-corrected chi connectivity index (χ2v) is 7.64. The first-order valence-electron chi connectivity index (χ1n) is 6.37. The molecule has 0 bridgehead atoms. The van der Waals surface area contributed by atoms with Crippen LogP contribution in [0.25, 0.3) is 0 Å². The largest absolute Gasteiger partial charge is 0.480 e. The van der Waals surface area contributed by atoms with Crippen LogP contribution >= 0.6 is 0 Å². The van der Waals surface area contributed by atoms with E-state index < -0.39 is 21.8 Å². The maximum atomic E-state index is 11.2. The van der Waals surface area contributed by atoms with E-state index in [4.69, 9.17) is 0 Å². The first kappa shape index (κ1) is 15.4. The Morgan fingerprint density at radius 1 is 1.33 bits per heavy atom. The second kappa shape index (κ2) is 5.57. The SMILES string of the molecule is CCC1(CC)CN(C(CCS(C)(=O)=O)C(=O)O)C1. The Hall–Kier alpha value is -0.620. The van der Waals surface area contributed by atoms with Crippen LogP contribution in [0.1, 0.15) is 33.1 Å². The van der Waals surface area contributed by atoms with Gasteiger partial charge in [0.1, 0.15) is 15.9 Å². The van der Waals surface area contributed by atoms with Gasteiger partial charge in [0.25, 0.3) is 0 Å². The van der Waals surface area contributed by atoms with E-state index in [2.05, 4.69) is 13.8 Å². The fourth-order valence-corrected chi connectivity index (χ4v) is 3.17. The zero-order chi connectivity index (χ0) is 14.0. The minimum absolute atomic E-state index is 0.0638. The molecule has 1 unspecified atom stereocenters. The molecule has 1 N–H and O–H groups in total. The standard InChI is InChI=1S/C12H23NO4S/c1-4-12(5-2)8-13(9-12)10(11(14)15)6-7-18(3,16)17/h10H,4-9H2,1-3H3,(H,14,15). The van der Waals surface area contributed by atoms with E-state index in [1.165, 1.54) is 0 Å². The van der Waals surface area contributed by atoms with Gasteiger partial charge in [0.15, 0.2) is 0 Å². The number of hydrogen-bond acceptors (Lipinski definition) is 4. The molecule has 0 saturated carbocycles. The minimum Gasteiger partial charge on any atom is -0.480 e. The normalized spacial score (nSPS) is 21.3. The first-order chi connectivity index (χ1) is 8.23. The van der Waals surface area contributed by atoms with Gasteiger partial charge in [0.05, 0.1) is 5.75 Å². The molecule has 0 aliphatic carbocycles. The fourth-order valence-electron chi connectivity index (χ4n) is 2.52. The molecule has 106 valence electrons. The molecule has 0 amide bonds. The summed E-state index contributed by atoms with van der Waals surface area (Å²) < 4.78 is 22.2. The smallest absolute Gasteiger partial charge is 0.320 e. The average molecular weight is 277 g/mol. The molecule has 0 spiro atoms. The summed E-state index contributed by atoms with van der Waals surface area (Å²) in [5.41, 5.74) is 0.235. The summed E-state index contributed by atoms with van der Waals surface area (Å²) in [4.78, 5) is 13.1. The van der Waals surface area contributed by atoms with E-state index in [0.717, 1.165) is 32.2 Å². The van der Waals surface area contributed by atoms with Crippen LogP contribution in [-0.4, -0.2) is 55.5 Å². The van der Waals surface area contributed by atoms with Crippen molar-refractivity contribution in [3.63, 3.8) is 0 Å². The average Bonchev–Trinajstić information content (AvgIpc) is 2.19. The zero-order valence-corrected chi connectivity index (χ0v) is 12.2. The number of carboxylic acid groups (broad SMARTS) is 1. The van der Waals surface area contributed by atoms with E-state index in [1.54, 1.807) is 0 Å². The van der Waals surface area contributed by atoms with Crippen LogP contribution in [0.15, 0.2) is 0 Å². The molecular weight excluding hydrogens is 254 g/mol. The van der Waals surface area contributed by atoms with Gasteiger partial charge >= 0.3 is 5.97 Å². The highest BCUT2D eigenvalue weighted by Gasteiger charge is 2.44. The molecule has 1 fully saturated rings. The molecule has 1 rings (SSSR count). The van der Waals surface area contributed by atoms with E-state index in [9.17, 15) is 18.3 Å². The lowest BCUT2D eigenvalue weighted by Gasteiger charge is -2.52. The van der Waals surface area contributed by atoms with Crippen molar-refractivity contribution in [3.8, 4) is 0 Å². The van der Waals surface area contributed by atoms with Gasteiger partial charge in [-0.25, -0.2) is 8.42 Å². The summed E-state index contributed by atoms with van der Waals surface area (Å²) in [5.74, 6) is -0.981. The van der Waals surface area contributed by atoms with Crippen molar-refractivity contribution in [2.75, 3.05) is 25.1 Å². The van der Waals surface area contributed by atoms with Gasteiger partial charge in [-0.15, -0.1) is 0 Å². The molecule has 0 aromatic rings. The molecule has 1 heterocycles. The van der Waals surface area contributed by atoms with Gasteiger partial charge in [-0.05, 0) is 24.7 Å². The number of likely N-dealkylation sites (tertiary alicyclic amines) is 1. The van der Waals surface area contributed by atoms with Crippen molar-refractivity contribution in [1.82, 2.24) is 4.90 Å². The molecule has 5 nitrogen and oxygen atoms in total. The van der Waals surface area contributed by atoms with E-state index in [1.807, 2.05) is 4.90 Å². The zero-order valence-electron chi connectivity index (χ0n) is 11.3. The molecule has 1 atom stereocenters. The van der Waals surface area contributed by atoms with Crippen LogP contribution in [0, 0.1) is 5.41 Å². The lowest BCUT2D eigenvalue weighted by atomic mass is 9.74. The molecule has 0 aromatic carbocycles. The molecular formula is C12H23NO4S. The number of rotatable bonds is 7. The van der Waals surface area contributed by atoms with Crippen LogP contribution in [0.3, 0.4) is 0 Å². The Balaban J connectivity index is 2.59. The van der Waals surface area contributed by atoms with E-state index in [-0.39, 0.29) is 17.6 Å². The number of sulfone groups is 1. The quantitative estimate of drug-likeness (QED) is 0.751. The summed E-state index contributed by atoms with van der Waals surface area (Å²) in [7, 11) is -3.10. The molecule has 6 heteroatoms. The molecule has 1 aliphatic heterocycles. The van der Waals surface area contributed by atoms with E-state index >= 15 is 0 Å². The number of carboxylic acids is 1. The predicted octanol–water partition coefficient (Wildman–Crippen LogP) is 0.996. The van der Waals surface area contributed by atoms with Crippen molar-refractivity contribution in [3.05, 3.63) is 0 Å². The maximum Gasteiger partial charge on any atom is 0.320 e. The lowest BCUT2D eigenvalue weighted by molar-refractivity contribution is -0.150. The predicted molar refractivity (Wildman–Crippen MR) is 70.3 cm³/mol. The third-order valence-electron chi connectivity index (χ3n) is 4.06. The van der Waals surface area contributed by atoms with Crippen molar-refractivity contribution < 1.29 is 18.3 Å². The third kappa shape index (κ3) is 3.68. The monoisotopic (exact) mass is 277 g/mol. The minimum atomic E-state index is -3.10. The Kier molecular flexibility index (Phi) is 4.78. The van der Waals surface area contributed by atoms with Crippen molar-refractivity contribution in [2.24, 2.45) is 5.41 Å². The van der Waals surface area contributed by atoms with Crippen LogP contribution in [0.5, 0.6) is 0 Å². The van der Waals surface area contributed by atoms with Gasteiger partial charge in [0, 0.05) is 19.3 Å². The van der Waals surface area contributed by atoms with Crippen LogP contribution in [-0.2, 0) is 14.6 Å². The highest BCUT2D eigenvalue weighted by atomic mass is 32.2. The van der Waals surface area contributed by atoms with Crippen molar-refractivity contribution in [2.45, 2.75) is 39.2 Å². The Labute approximate surface area is 109 Å².